The van der Waals surface area contributed by atoms with Crippen LogP contribution in [0.3, 0.4) is 0 Å². The predicted molar refractivity (Wildman–Crippen MR) is 70.2 cm³/mol. The minimum absolute atomic E-state index is 0.0459. The SMILES string of the molecule is NC(=O)C1CCCN1C(=O)NCc1nc(C(=O)O)cs1. The van der Waals surface area contributed by atoms with E-state index in [1.54, 1.807) is 0 Å². The predicted octanol–water partition coefficient (Wildman–Crippen LogP) is 0.000600. The van der Waals surface area contributed by atoms with Gasteiger partial charge in [0.25, 0.3) is 0 Å². The lowest BCUT2D eigenvalue weighted by atomic mass is 10.2. The fraction of sp³-hybridized carbons (Fsp3) is 0.455. The number of carboxylic acids is 1. The summed E-state index contributed by atoms with van der Waals surface area (Å²) in [5, 5.41) is 13.3. The second-order valence-electron chi connectivity index (χ2n) is 4.34. The minimum Gasteiger partial charge on any atom is -0.476 e. The maximum absolute atomic E-state index is 11.9. The van der Waals surface area contributed by atoms with Crippen LogP contribution in [0.5, 0.6) is 0 Å². The van der Waals surface area contributed by atoms with Gasteiger partial charge in [0.2, 0.25) is 5.91 Å². The van der Waals surface area contributed by atoms with Gasteiger partial charge in [-0.1, -0.05) is 0 Å². The Balaban J connectivity index is 1.91. The van der Waals surface area contributed by atoms with E-state index in [1.807, 2.05) is 0 Å². The van der Waals surface area contributed by atoms with E-state index >= 15 is 0 Å². The molecule has 1 aromatic heterocycles. The van der Waals surface area contributed by atoms with E-state index < -0.39 is 23.9 Å². The van der Waals surface area contributed by atoms with E-state index in [0.717, 1.165) is 17.8 Å². The summed E-state index contributed by atoms with van der Waals surface area (Å²) >= 11 is 1.15. The van der Waals surface area contributed by atoms with E-state index in [4.69, 9.17) is 10.8 Å². The van der Waals surface area contributed by atoms with Crippen molar-refractivity contribution in [2.45, 2.75) is 25.4 Å². The molecule has 0 spiro atoms. The molecule has 1 aromatic rings. The third kappa shape index (κ3) is 3.05. The minimum atomic E-state index is -1.10. The van der Waals surface area contributed by atoms with E-state index in [-0.39, 0.29) is 12.2 Å². The number of primary amides is 1. The van der Waals surface area contributed by atoms with Gasteiger partial charge in [0.15, 0.2) is 5.69 Å². The third-order valence-electron chi connectivity index (χ3n) is 3.00. The lowest BCUT2D eigenvalue weighted by molar-refractivity contribution is -0.121. The summed E-state index contributed by atoms with van der Waals surface area (Å²) < 4.78 is 0. The molecule has 3 amide bonds. The van der Waals surface area contributed by atoms with E-state index in [2.05, 4.69) is 10.3 Å². The highest BCUT2D eigenvalue weighted by Crippen LogP contribution is 2.17. The Kier molecular flexibility index (Phi) is 4.18. The molecule has 4 N–H and O–H groups in total. The molecule has 20 heavy (non-hydrogen) atoms. The smallest absolute Gasteiger partial charge is 0.355 e. The first-order chi connectivity index (χ1) is 9.49. The number of carboxylic acid groups (broad SMARTS) is 1. The average molecular weight is 298 g/mol. The van der Waals surface area contributed by atoms with Gasteiger partial charge in [-0.15, -0.1) is 11.3 Å². The Hall–Kier alpha value is -2.16. The molecular formula is C11H14N4O4S. The van der Waals surface area contributed by atoms with E-state index in [0.29, 0.717) is 18.0 Å². The fourth-order valence-corrected chi connectivity index (χ4v) is 2.76. The van der Waals surface area contributed by atoms with Crippen LogP contribution < -0.4 is 11.1 Å². The Labute approximate surface area is 118 Å². The summed E-state index contributed by atoms with van der Waals surface area (Å²) in [7, 11) is 0. The summed E-state index contributed by atoms with van der Waals surface area (Å²) in [4.78, 5) is 39.1. The number of carbonyl (C=O) groups is 3. The number of rotatable bonds is 4. The number of aromatic carboxylic acids is 1. The van der Waals surface area contributed by atoms with Crippen LogP contribution in [0.25, 0.3) is 0 Å². The molecule has 1 saturated heterocycles. The van der Waals surface area contributed by atoms with Crippen molar-refractivity contribution in [2.24, 2.45) is 5.73 Å². The zero-order valence-corrected chi connectivity index (χ0v) is 11.4. The summed E-state index contributed by atoms with van der Waals surface area (Å²) in [6.07, 6.45) is 1.31. The highest BCUT2D eigenvalue weighted by atomic mass is 32.1. The van der Waals surface area contributed by atoms with Gasteiger partial charge in [0.1, 0.15) is 11.0 Å². The molecule has 0 aliphatic carbocycles. The Morgan fingerprint density at radius 2 is 2.30 bits per heavy atom. The van der Waals surface area contributed by atoms with Gasteiger partial charge < -0.3 is 21.1 Å². The molecule has 2 heterocycles. The van der Waals surface area contributed by atoms with Crippen molar-refractivity contribution in [3.05, 3.63) is 16.1 Å². The Morgan fingerprint density at radius 3 is 2.90 bits per heavy atom. The van der Waals surface area contributed by atoms with Gasteiger partial charge >= 0.3 is 12.0 Å². The topological polar surface area (TPSA) is 126 Å². The van der Waals surface area contributed by atoms with Gasteiger partial charge in [-0.05, 0) is 12.8 Å². The summed E-state index contributed by atoms with van der Waals surface area (Å²) in [6.45, 7) is 0.608. The van der Waals surface area contributed by atoms with Crippen LogP contribution in [0, 0.1) is 0 Å². The molecule has 1 unspecified atom stereocenters. The second-order valence-corrected chi connectivity index (χ2v) is 5.29. The van der Waals surface area contributed by atoms with Crippen LogP contribution in [0.15, 0.2) is 5.38 Å². The molecule has 0 saturated carbocycles. The highest BCUT2D eigenvalue weighted by molar-refractivity contribution is 7.09. The maximum atomic E-state index is 11.9. The monoisotopic (exact) mass is 298 g/mol. The van der Waals surface area contributed by atoms with Crippen molar-refractivity contribution in [3.8, 4) is 0 Å². The van der Waals surface area contributed by atoms with Gasteiger partial charge in [-0.2, -0.15) is 0 Å². The number of nitrogens with zero attached hydrogens (tertiary/aromatic N) is 2. The van der Waals surface area contributed by atoms with Crippen molar-refractivity contribution in [1.29, 1.82) is 0 Å². The van der Waals surface area contributed by atoms with Crippen molar-refractivity contribution < 1.29 is 19.5 Å². The molecular weight excluding hydrogens is 284 g/mol. The number of urea groups is 1. The molecule has 9 heteroatoms. The fourth-order valence-electron chi connectivity index (χ4n) is 2.05. The molecule has 0 radical (unpaired) electrons. The largest absolute Gasteiger partial charge is 0.476 e. The van der Waals surface area contributed by atoms with E-state index in [1.165, 1.54) is 10.3 Å². The number of aromatic nitrogens is 1. The first-order valence-electron chi connectivity index (χ1n) is 6.00. The molecule has 1 aliphatic heterocycles. The maximum Gasteiger partial charge on any atom is 0.355 e. The van der Waals surface area contributed by atoms with E-state index in [9.17, 15) is 14.4 Å². The molecule has 1 aliphatic rings. The zero-order chi connectivity index (χ0) is 14.7. The van der Waals surface area contributed by atoms with Gasteiger partial charge in [0, 0.05) is 11.9 Å². The number of nitrogens with one attached hydrogen (secondary N) is 1. The lowest BCUT2D eigenvalue weighted by Gasteiger charge is -2.22. The van der Waals surface area contributed by atoms with Crippen LogP contribution in [0.1, 0.15) is 28.3 Å². The molecule has 2 rings (SSSR count). The lowest BCUT2D eigenvalue weighted by Crippen LogP contribution is -2.47. The van der Waals surface area contributed by atoms with Crippen LogP contribution in [-0.2, 0) is 11.3 Å². The van der Waals surface area contributed by atoms with Crippen molar-refractivity contribution in [3.63, 3.8) is 0 Å². The first kappa shape index (κ1) is 14.3. The quantitative estimate of drug-likeness (QED) is 0.721. The number of hydrogen-bond acceptors (Lipinski definition) is 5. The average Bonchev–Trinajstić information content (AvgIpc) is 3.04. The van der Waals surface area contributed by atoms with Crippen LogP contribution in [-0.4, -0.2) is 45.5 Å². The number of nitrogens with two attached hydrogens (primary N) is 1. The molecule has 108 valence electrons. The standard InChI is InChI=1S/C11H14N4O4S/c12-9(16)7-2-1-3-15(7)11(19)13-4-8-14-6(5-20-8)10(17)18/h5,7H,1-4H2,(H2,12,16)(H,13,19)(H,17,18). The molecule has 0 bridgehead atoms. The first-order valence-corrected chi connectivity index (χ1v) is 6.88. The van der Waals surface area contributed by atoms with Crippen LogP contribution in [0.4, 0.5) is 4.79 Å². The van der Waals surface area contributed by atoms with Crippen molar-refractivity contribution in [2.75, 3.05) is 6.54 Å². The van der Waals surface area contributed by atoms with Crippen LogP contribution >= 0.6 is 11.3 Å². The zero-order valence-electron chi connectivity index (χ0n) is 10.5. The second kappa shape index (κ2) is 5.87. The number of thiazole rings is 1. The highest BCUT2D eigenvalue weighted by Gasteiger charge is 2.32. The van der Waals surface area contributed by atoms with Crippen LogP contribution in [0.2, 0.25) is 0 Å². The summed E-state index contributed by atoms with van der Waals surface area (Å²) in [6, 6.07) is -0.959. The number of amides is 3. The molecule has 8 nitrogen and oxygen atoms in total. The molecule has 1 atom stereocenters. The Morgan fingerprint density at radius 1 is 1.55 bits per heavy atom. The van der Waals surface area contributed by atoms with Crippen molar-refractivity contribution in [1.82, 2.24) is 15.2 Å². The molecule has 0 aromatic carbocycles. The number of likely N-dealkylation sites (tertiary alicyclic amines) is 1. The van der Waals surface area contributed by atoms with Gasteiger partial charge in [-0.3, -0.25) is 4.79 Å². The molecule has 1 fully saturated rings. The summed E-state index contributed by atoms with van der Waals surface area (Å²) in [5.74, 6) is -1.62. The van der Waals surface area contributed by atoms with Gasteiger partial charge in [0.05, 0.1) is 6.54 Å². The summed E-state index contributed by atoms with van der Waals surface area (Å²) in [5.41, 5.74) is 5.19. The van der Waals surface area contributed by atoms with Gasteiger partial charge in [-0.25, -0.2) is 14.6 Å². The number of hydrogen-bond donors (Lipinski definition) is 3. The third-order valence-corrected chi connectivity index (χ3v) is 3.85. The number of carbonyl (C=O) groups excluding carboxylic acids is 2. The Bertz CT molecular complexity index is 544. The normalized spacial score (nSPS) is 18.0. The van der Waals surface area contributed by atoms with Crippen molar-refractivity contribution >= 4 is 29.2 Å².